The van der Waals surface area contributed by atoms with Crippen molar-refractivity contribution in [1.29, 1.82) is 0 Å². The maximum absolute atomic E-state index is 12.3. The summed E-state index contributed by atoms with van der Waals surface area (Å²) >= 11 is 3.59. The fourth-order valence-electron chi connectivity index (χ4n) is 3.03. The number of hydrogen-bond acceptors (Lipinski definition) is 3. The molecule has 0 aliphatic rings. The summed E-state index contributed by atoms with van der Waals surface area (Å²) in [6, 6.07) is 15.3. The van der Waals surface area contributed by atoms with Crippen molar-refractivity contribution in [2.75, 3.05) is 7.11 Å². The molecular weight excluding hydrogens is 418 g/mol. The number of hydrazone groups is 1. The summed E-state index contributed by atoms with van der Waals surface area (Å²) in [5, 5.41) is 4.13. The number of methoxy groups -OCH3 is 1. The van der Waals surface area contributed by atoms with Crippen LogP contribution in [0.15, 0.2) is 58.1 Å². The highest BCUT2D eigenvalue weighted by Crippen LogP contribution is 2.24. The number of halogens is 1. The molecule has 1 heterocycles. The van der Waals surface area contributed by atoms with E-state index >= 15 is 0 Å². The average molecular weight is 440 g/mol. The standard InChI is InChI=1S/C22H22BrN3O2/c1-14-8-9-19(12-21(14)23)26-15(2)10-18(16(26)3)13-24-25-22(27)17-6-5-7-20(11-17)28-4/h5-13H,1-4H3,(H,25,27)/b24-13-. The van der Waals surface area contributed by atoms with Crippen LogP contribution >= 0.6 is 15.9 Å². The van der Waals surface area contributed by atoms with Crippen LogP contribution in [0.2, 0.25) is 0 Å². The van der Waals surface area contributed by atoms with E-state index in [-0.39, 0.29) is 5.91 Å². The summed E-state index contributed by atoms with van der Waals surface area (Å²) in [4.78, 5) is 12.3. The van der Waals surface area contributed by atoms with E-state index in [1.807, 2.05) is 19.9 Å². The van der Waals surface area contributed by atoms with Gasteiger partial charge in [0, 0.05) is 32.7 Å². The Kier molecular flexibility index (Phi) is 5.99. The van der Waals surface area contributed by atoms with E-state index < -0.39 is 0 Å². The van der Waals surface area contributed by atoms with Crippen LogP contribution in [0.3, 0.4) is 0 Å². The van der Waals surface area contributed by atoms with Crippen molar-refractivity contribution in [2.24, 2.45) is 5.10 Å². The molecular formula is C22H22BrN3O2. The zero-order valence-corrected chi connectivity index (χ0v) is 17.9. The summed E-state index contributed by atoms with van der Waals surface area (Å²) < 4.78 is 8.37. The van der Waals surface area contributed by atoms with Crippen LogP contribution in [-0.4, -0.2) is 23.8 Å². The van der Waals surface area contributed by atoms with Gasteiger partial charge in [0.2, 0.25) is 0 Å². The number of aryl methyl sites for hydroxylation is 2. The molecule has 3 rings (SSSR count). The molecule has 0 spiro atoms. The van der Waals surface area contributed by atoms with Gasteiger partial charge in [-0.15, -0.1) is 0 Å². The van der Waals surface area contributed by atoms with Crippen LogP contribution < -0.4 is 10.2 Å². The van der Waals surface area contributed by atoms with Gasteiger partial charge in [0.1, 0.15) is 5.75 Å². The van der Waals surface area contributed by atoms with Crippen LogP contribution in [0.4, 0.5) is 0 Å². The van der Waals surface area contributed by atoms with Gasteiger partial charge in [0.15, 0.2) is 0 Å². The Morgan fingerprint density at radius 3 is 2.64 bits per heavy atom. The topological polar surface area (TPSA) is 55.6 Å². The first-order valence-electron chi connectivity index (χ1n) is 8.83. The van der Waals surface area contributed by atoms with Crippen LogP contribution in [0.5, 0.6) is 5.75 Å². The Morgan fingerprint density at radius 2 is 1.93 bits per heavy atom. The van der Waals surface area contributed by atoms with E-state index in [4.69, 9.17) is 4.74 Å². The molecule has 144 valence electrons. The largest absolute Gasteiger partial charge is 0.497 e. The van der Waals surface area contributed by atoms with Crippen molar-refractivity contribution >= 4 is 28.1 Å². The SMILES string of the molecule is COc1cccc(C(=O)N/N=C\c2cc(C)n(-c3ccc(C)c(Br)c3)c2C)c1. The Balaban J connectivity index is 1.79. The minimum atomic E-state index is -0.286. The highest BCUT2D eigenvalue weighted by Gasteiger charge is 2.11. The third-order valence-corrected chi connectivity index (χ3v) is 5.44. The van der Waals surface area contributed by atoms with E-state index in [1.165, 1.54) is 5.56 Å². The average Bonchev–Trinajstić information content (AvgIpc) is 2.97. The van der Waals surface area contributed by atoms with Crippen LogP contribution in [-0.2, 0) is 0 Å². The molecule has 0 aliphatic heterocycles. The van der Waals surface area contributed by atoms with Crippen molar-refractivity contribution in [1.82, 2.24) is 9.99 Å². The number of carbonyl (C=O) groups is 1. The molecule has 0 unspecified atom stereocenters. The van der Waals surface area contributed by atoms with Gasteiger partial charge in [-0.25, -0.2) is 5.43 Å². The van der Waals surface area contributed by atoms with E-state index in [0.717, 1.165) is 27.1 Å². The Morgan fingerprint density at radius 1 is 1.14 bits per heavy atom. The van der Waals surface area contributed by atoms with Gasteiger partial charge in [0.05, 0.1) is 13.3 Å². The third-order valence-electron chi connectivity index (χ3n) is 4.59. The number of rotatable bonds is 5. The molecule has 6 heteroatoms. The van der Waals surface area contributed by atoms with Crippen LogP contribution in [0.1, 0.15) is 32.9 Å². The van der Waals surface area contributed by atoms with Crippen molar-refractivity contribution in [3.63, 3.8) is 0 Å². The summed E-state index contributed by atoms with van der Waals surface area (Å²) in [5.41, 5.74) is 8.41. The summed E-state index contributed by atoms with van der Waals surface area (Å²) in [6.07, 6.45) is 1.67. The van der Waals surface area contributed by atoms with E-state index in [0.29, 0.717) is 11.3 Å². The third kappa shape index (κ3) is 4.17. The maximum atomic E-state index is 12.3. The van der Waals surface area contributed by atoms with Gasteiger partial charge < -0.3 is 9.30 Å². The number of aromatic nitrogens is 1. The van der Waals surface area contributed by atoms with Crippen molar-refractivity contribution in [3.05, 3.63) is 81.1 Å². The fraction of sp³-hybridized carbons (Fsp3) is 0.182. The molecule has 28 heavy (non-hydrogen) atoms. The van der Waals surface area contributed by atoms with Gasteiger partial charge in [-0.3, -0.25) is 4.79 Å². The normalized spacial score (nSPS) is 11.0. The zero-order chi connectivity index (χ0) is 20.3. The Labute approximate surface area is 173 Å². The number of carbonyl (C=O) groups excluding carboxylic acids is 1. The second-order valence-corrected chi connectivity index (χ2v) is 7.38. The van der Waals surface area contributed by atoms with Crippen LogP contribution in [0.25, 0.3) is 5.69 Å². The minimum absolute atomic E-state index is 0.286. The molecule has 3 aromatic rings. The maximum Gasteiger partial charge on any atom is 0.271 e. The molecule has 0 saturated carbocycles. The van der Waals surface area contributed by atoms with E-state index in [2.05, 4.69) is 56.1 Å². The molecule has 0 atom stereocenters. The van der Waals surface area contributed by atoms with Gasteiger partial charge in [0.25, 0.3) is 5.91 Å². The predicted octanol–water partition coefficient (Wildman–Crippen LogP) is 4.94. The molecule has 0 bridgehead atoms. The molecule has 2 aromatic carbocycles. The molecule has 1 N–H and O–H groups in total. The van der Waals surface area contributed by atoms with Crippen molar-refractivity contribution < 1.29 is 9.53 Å². The molecule has 0 radical (unpaired) electrons. The molecule has 1 aromatic heterocycles. The first-order valence-corrected chi connectivity index (χ1v) is 9.63. The summed E-state index contributed by atoms with van der Waals surface area (Å²) in [5.74, 6) is 0.343. The molecule has 5 nitrogen and oxygen atoms in total. The lowest BCUT2D eigenvalue weighted by atomic mass is 10.2. The van der Waals surface area contributed by atoms with Gasteiger partial charge in [-0.1, -0.05) is 28.1 Å². The number of nitrogens with zero attached hydrogens (tertiary/aromatic N) is 2. The monoisotopic (exact) mass is 439 g/mol. The summed E-state index contributed by atoms with van der Waals surface area (Å²) in [6.45, 7) is 6.14. The molecule has 1 amide bonds. The second kappa shape index (κ2) is 8.44. The first-order chi connectivity index (χ1) is 13.4. The van der Waals surface area contributed by atoms with Crippen molar-refractivity contribution in [3.8, 4) is 11.4 Å². The Hall–Kier alpha value is -2.86. The quantitative estimate of drug-likeness (QED) is 0.452. The number of nitrogens with one attached hydrogen (secondary N) is 1. The Bertz CT molecular complexity index is 1050. The number of ether oxygens (including phenoxy) is 1. The lowest BCUT2D eigenvalue weighted by Crippen LogP contribution is -2.17. The second-order valence-electron chi connectivity index (χ2n) is 6.53. The lowest BCUT2D eigenvalue weighted by Gasteiger charge is -2.11. The van der Waals surface area contributed by atoms with Crippen LogP contribution in [0, 0.1) is 20.8 Å². The van der Waals surface area contributed by atoms with Gasteiger partial charge in [-0.2, -0.15) is 5.10 Å². The molecule has 0 fully saturated rings. The van der Waals surface area contributed by atoms with Crippen molar-refractivity contribution in [2.45, 2.75) is 20.8 Å². The van der Waals surface area contributed by atoms with Gasteiger partial charge in [-0.05, 0) is 62.7 Å². The first kappa shape index (κ1) is 19.9. The van der Waals surface area contributed by atoms with E-state index in [1.54, 1.807) is 37.6 Å². The molecule has 0 aliphatic carbocycles. The van der Waals surface area contributed by atoms with E-state index in [9.17, 15) is 4.79 Å². The predicted molar refractivity (Wildman–Crippen MR) is 116 cm³/mol. The number of amides is 1. The minimum Gasteiger partial charge on any atom is -0.497 e. The number of benzene rings is 2. The zero-order valence-electron chi connectivity index (χ0n) is 16.3. The molecule has 0 saturated heterocycles. The number of hydrogen-bond donors (Lipinski definition) is 1. The fourth-order valence-corrected chi connectivity index (χ4v) is 3.39. The smallest absolute Gasteiger partial charge is 0.271 e. The van der Waals surface area contributed by atoms with Gasteiger partial charge >= 0.3 is 0 Å². The summed E-state index contributed by atoms with van der Waals surface area (Å²) in [7, 11) is 1.57. The highest BCUT2D eigenvalue weighted by atomic mass is 79.9. The lowest BCUT2D eigenvalue weighted by molar-refractivity contribution is 0.0955. The highest BCUT2D eigenvalue weighted by molar-refractivity contribution is 9.10.